The molecule has 0 aromatic carbocycles. The van der Waals surface area contributed by atoms with Crippen molar-refractivity contribution in [3.63, 3.8) is 0 Å². The number of alkyl halides is 1. The lowest BCUT2D eigenvalue weighted by Crippen LogP contribution is -2.01. The Bertz CT molecular complexity index is 105. The smallest absolute Gasteiger partial charge is 0.0373 e. The Kier molecular flexibility index (Phi) is 1.95. The molecule has 0 saturated carbocycles. The Morgan fingerprint density at radius 2 is 2.50 bits per heavy atom. The maximum Gasteiger partial charge on any atom is 0.0373 e. The topological polar surface area (TPSA) is 0 Å². The second-order valence-electron chi connectivity index (χ2n) is 2.42. The summed E-state index contributed by atoms with van der Waals surface area (Å²) in [6.45, 7) is 2.17. The van der Waals surface area contributed by atoms with Gasteiger partial charge in [-0.15, -0.1) is 11.6 Å². The molecule has 1 rings (SSSR count). The molecule has 8 heavy (non-hydrogen) atoms. The van der Waals surface area contributed by atoms with Crippen molar-refractivity contribution in [3.05, 3.63) is 11.6 Å². The highest BCUT2D eigenvalue weighted by molar-refractivity contribution is 6.20. The molecule has 0 nitrogen and oxygen atoms in total. The summed E-state index contributed by atoms with van der Waals surface area (Å²) in [5.41, 5.74) is 1.50. The van der Waals surface area contributed by atoms with Gasteiger partial charge in [0.2, 0.25) is 0 Å². The molecular weight excluding hydrogens is 120 g/mol. The first-order valence-corrected chi connectivity index (χ1v) is 3.52. The summed E-state index contributed by atoms with van der Waals surface area (Å²) in [6.07, 6.45) is 5.69. The Hall–Kier alpha value is 0.0300. The maximum atomic E-state index is 5.84. The van der Waals surface area contributed by atoms with Crippen LogP contribution in [0, 0.1) is 0 Å². The van der Waals surface area contributed by atoms with Crippen molar-refractivity contribution in [2.75, 3.05) is 0 Å². The minimum atomic E-state index is 0.415. The van der Waals surface area contributed by atoms with E-state index in [1.165, 1.54) is 18.4 Å². The van der Waals surface area contributed by atoms with Crippen LogP contribution in [-0.4, -0.2) is 5.38 Å². The van der Waals surface area contributed by atoms with Gasteiger partial charge in [-0.2, -0.15) is 0 Å². The van der Waals surface area contributed by atoms with Gasteiger partial charge in [0.05, 0.1) is 0 Å². The zero-order valence-electron chi connectivity index (χ0n) is 5.15. The van der Waals surface area contributed by atoms with Crippen molar-refractivity contribution in [2.24, 2.45) is 0 Å². The van der Waals surface area contributed by atoms with Gasteiger partial charge in [0.1, 0.15) is 0 Å². The van der Waals surface area contributed by atoms with Gasteiger partial charge in [-0.1, -0.05) is 11.6 Å². The first-order valence-electron chi connectivity index (χ1n) is 3.09. The van der Waals surface area contributed by atoms with Crippen molar-refractivity contribution in [1.29, 1.82) is 0 Å². The summed E-state index contributed by atoms with van der Waals surface area (Å²) in [7, 11) is 0. The van der Waals surface area contributed by atoms with Crippen molar-refractivity contribution in [1.82, 2.24) is 0 Å². The molecule has 0 unspecified atom stereocenters. The molecule has 46 valence electrons. The summed E-state index contributed by atoms with van der Waals surface area (Å²) in [5.74, 6) is 0. The molecule has 1 atom stereocenters. The summed E-state index contributed by atoms with van der Waals surface area (Å²) >= 11 is 5.84. The largest absolute Gasteiger partial charge is 0.123 e. The minimum absolute atomic E-state index is 0.415. The van der Waals surface area contributed by atoms with E-state index in [1.54, 1.807) is 0 Å². The van der Waals surface area contributed by atoms with E-state index in [4.69, 9.17) is 11.6 Å². The van der Waals surface area contributed by atoms with Crippen LogP contribution in [0.15, 0.2) is 11.6 Å². The summed E-state index contributed by atoms with van der Waals surface area (Å²) in [6, 6.07) is 0. The van der Waals surface area contributed by atoms with E-state index >= 15 is 0 Å². The Labute approximate surface area is 55.5 Å². The summed E-state index contributed by atoms with van der Waals surface area (Å²) < 4.78 is 0. The highest BCUT2D eigenvalue weighted by atomic mass is 35.5. The lowest BCUT2D eigenvalue weighted by Gasteiger charge is -2.12. The van der Waals surface area contributed by atoms with Crippen LogP contribution < -0.4 is 0 Å². The number of allylic oxidation sites excluding steroid dienone is 2. The molecule has 0 bridgehead atoms. The predicted molar refractivity (Wildman–Crippen MR) is 37.2 cm³/mol. The molecule has 1 aliphatic rings. The Balaban J connectivity index is 2.42. The van der Waals surface area contributed by atoms with E-state index in [9.17, 15) is 0 Å². The second kappa shape index (κ2) is 2.54. The van der Waals surface area contributed by atoms with Crippen LogP contribution in [0.4, 0.5) is 0 Å². The first kappa shape index (κ1) is 6.15. The fourth-order valence-electron chi connectivity index (χ4n) is 0.933. The van der Waals surface area contributed by atoms with E-state index in [1.807, 2.05) is 0 Å². The molecule has 0 fully saturated rings. The van der Waals surface area contributed by atoms with E-state index in [0.29, 0.717) is 5.38 Å². The van der Waals surface area contributed by atoms with Crippen LogP contribution in [0.3, 0.4) is 0 Å². The zero-order valence-corrected chi connectivity index (χ0v) is 5.91. The molecule has 1 heteroatoms. The number of hydrogen-bond acceptors (Lipinski definition) is 0. The average Bonchev–Trinajstić information content (AvgIpc) is 1.77. The van der Waals surface area contributed by atoms with Gasteiger partial charge in [-0.25, -0.2) is 0 Å². The van der Waals surface area contributed by atoms with Crippen LogP contribution in [0.1, 0.15) is 26.2 Å². The zero-order chi connectivity index (χ0) is 5.98. The highest BCUT2D eigenvalue weighted by Gasteiger charge is 2.07. The van der Waals surface area contributed by atoms with Gasteiger partial charge in [0.25, 0.3) is 0 Å². The molecule has 1 aliphatic carbocycles. The molecule has 0 aromatic heterocycles. The van der Waals surface area contributed by atoms with Crippen molar-refractivity contribution in [2.45, 2.75) is 31.6 Å². The van der Waals surface area contributed by atoms with Crippen molar-refractivity contribution in [3.8, 4) is 0 Å². The monoisotopic (exact) mass is 130 g/mol. The molecular formula is C7H11Cl. The van der Waals surface area contributed by atoms with E-state index in [0.717, 1.165) is 6.42 Å². The fourth-order valence-corrected chi connectivity index (χ4v) is 1.13. The van der Waals surface area contributed by atoms with E-state index < -0.39 is 0 Å². The fraction of sp³-hybridized carbons (Fsp3) is 0.714. The van der Waals surface area contributed by atoms with Gasteiger partial charge >= 0.3 is 0 Å². The van der Waals surface area contributed by atoms with Crippen LogP contribution in [0.5, 0.6) is 0 Å². The minimum Gasteiger partial charge on any atom is -0.123 e. The standard InChI is InChI=1S/C7H11Cl/c1-6-2-4-7(8)5-3-6/h2,7H,3-5H2,1H3/t7-/m1/s1. The lowest BCUT2D eigenvalue weighted by atomic mass is 10.0. The third kappa shape index (κ3) is 1.52. The molecule has 0 saturated heterocycles. The molecule has 0 heterocycles. The molecule has 0 aliphatic heterocycles. The van der Waals surface area contributed by atoms with Gasteiger partial charge in [0.15, 0.2) is 0 Å². The van der Waals surface area contributed by atoms with Crippen molar-refractivity contribution >= 4 is 11.6 Å². The van der Waals surface area contributed by atoms with E-state index in [2.05, 4.69) is 13.0 Å². The highest BCUT2D eigenvalue weighted by Crippen LogP contribution is 2.20. The van der Waals surface area contributed by atoms with Gasteiger partial charge in [0, 0.05) is 5.38 Å². The molecule has 0 aromatic rings. The molecule has 0 amide bonds. The van der Waals surface area contributed by atoms with E-state index in [-0.39, 0.29) is 0 Å². The number of halogens is 1. The number of rotatable bonds is 0. The van der Waals surface area contributed by atoms with Crippen LogP contribution in [0.25, 0.3) is 0 Å². The third-order valence-electron chi connectivity index (χ3n) is 1.57. The summed E-state index contributed by atoms with van der Waals surface area (Å²) in [5, 5.41) is 0.415. The van der Waals surface area contributed by atoms with Crippen LogP contribution in [-0.2, 0) is 0 Å². The lowest BCUT2D eigenvalue weighted by molar-refractivity contribution is 0.710. The van der Waals surface area contributed by atoms with Crippen LogP contribution >= 0.6 is 11.6 Å². The van der Waals surface area contributed by atoms with Crippen molar-refractivity contribution < 1.29 is 0 Å². The third-order valence-corrected chi connectivity index (χ3v) is 1.97. The second-order valence-corrected chi connectivity index (χ2v) is 3.04. The molecule has 0 N–H and O–H groups in total. The predicted octanol–water partition coefficient (Wildman–Crippen LogP) is 2.72. The molecule has 0 spiro atoms. The van der Waals surface area contributed by atoms with Gasteiger partial charge < -0.3 is 0 Å². The van der Waals surface area contributed by atoms with Gasteiger partial charge in [-0.05, 0) is 26.2 Å². The number of hydrogen-bond donors (Lipinski definition) is 0. The average molecular weight is 131 g/mol. The van der Waals surface area contributed by atoms with Crippen LogP contribution in [0.2, 0.25) is 0 Å². The molecule has 0 radical (unpaired) electrons. The quantitative estimate of drug-likeness (QED) is 0.350. The van der Waals surface area contributed by atoms with Gasteiger partial charge in [-0.3, -0.25) is 0 Å². The SMILES string of the molecule is CC1=CC[C@@H](Cl)CC1. The Morgan fingerprint density at radius 3 is 2.88 bits per heavy atom. The normalized spacial score (nSPS) is 29.8. The summed E-state index contributed by atoms with van der Waals surface area (Å²) in [4.78, 5) is 0. The Morgan fingerprint density at radius 1 is 1.75 bits per heavy atom. The maximum absolute atomic E-state index is 5.84. The first-order chi connectivity index (χ1) is 3.79.